The highest BCUT2D eigenvalue weighted by Gasteiger charge is 2.19. The third-order valence-electron chi connectivity index (χ3n) is 2.86. The van der Waals surface area contributed by atoms with Crippen LogP contribution in [-0.2, 0) is 9.53 Å². The number of carbonyl (C=O) groups is 1. The van der Waals surface area contributed by atoms with Crippen LogP contribution in [-0.4, -0.2) is 41.3 Å². The topological polar surface area (TPSA) is 68.2 Å². The summed E-state index contributed by atoms with van der Waals surface area (Å²) >= 11 is 1.40. The van der Waals surface area contributed by atoms with Gasteiger partial charge in [-0.15, -0.1) is 10.2 Å². The number of pyridine rings is 1. The summed E-state index contributed by atoms with van der Waals surface area (Å²) in [7, 11) is 1.62. The minimum atomic E-state index is 0.0481. The van der Waals surface area contributed by atoms with Crippen LogP contribution in [0.1, 0.15) is 19.8 Å². The summed E-state index contributed by atoms with van der Waals surface area (Å²) in [5, 5.41) is 9.70. The molecule has 2 aromatic heterocycles. The quantitative estimate of drug-likeness (QED) is 0.785. The molecule has 0 saturated heterocycles. The van der Waals surface area contributed by atoms with E-state index in [9.17, 15) is 4.79 Å². The predicted octanol–water partition coefficient (Wildman–Crippen LogP) is 2.38. The van der Waals surface area contributed by atoms with Crippen LogP contribution in [0.4, 0.5) is 5.13 Å². The van der Waals surface area contributed by atoms with E-state index >= 15 is 0 Å². The Hall–Kier alpha value is -1.86. The Balaban J connectivity index is 2.20. The molecule has 0 radical (unpaired) electrons. The highest BCUT2D eigenvalue weighted by molar-refractivity contribution is 7.18. The largest absolute Gasteiger partial charge is 0.383 e. The lowest BCUT2D eigenvalue weighted by Crippen LogP contribution is -2.33. The van der Waals surface area contributed by atoms with Crippen molar-refractivity contribution in [2.75, 3.05) is 25.2 Å². The van der Waals surface area contributed by atoms with E-state index < -0.39 is 0 Å². The zero-order valence-electron chi connectivity index (χ0n) is 12.2. The Bertz CT molecular complexity index is 573. The van der Waals surface area contributed by atoms with Crippen molar-refractivity contribution in [3.8, 4) is 10.6 Å². The number of amides is 1. The van der Waals surface area contributed by atoms with Crippen LogP contribution in [0.2, 0.25) is 0 Å². The van der Waals surface area contributed by atoms with Crippen molar-refractivity contribution in [1.82, 2.24) is 15.2 Å². The number of methoxy groups -OCH3 is 1. The van der Waals surface area contributed by atoms with E-state index in [0.717, 1.165) is 17.0 Å². The first-order valence-corrected chi connectivity index (χ1v) is 7.61. The monoisotopic (exact) mass is 306 g/mol. The number of carbonyl (C=O) groups excluding carboxylic acids is 1. The molecule has 2 rings (SSSR count). The average Bonchev–Trinajstić information content (AvgIpc) is 2.98. The second-order valence-corrected chi connectivity index (χ2v) is 5.37. The Morgan fingerprint density at radius 1 is 1.33 bits per heavy atom. The Labute approximate surface area is 127 Å². The van der Waals surface area contributed by atoms with Crippen LogP contribution in [0.5, 0.6) is 0 Å². The molecule has 0 aliphatic carbocycles. The van der Waals surface area contributed by atoms with Gasteiger partial charge in [0.05, 0.1) is 13.2 Å². The first-order chi connectivity index (χ1) is 10.3. The van der Waals surface area contributed by atoms with E-state index in [1.165, 1.54) is 11.3 Å². The smallest absolute Gasteiger partial charge is 0.228 e. The highest BCUT2D eigenvalue weighted by Crippen LogP contribution is 2.28. The van der Waals surface area contributed by atoms with Gasteiger partial charge < -0.3 is 4.74 Å². The maximum atomic E-state index is 12.2. The molecule has 0 atom stereocenters. The van der Waals surface area contributed by atoms with Crippen LogP contribution in [0.15, 0.2) is 24.5 Å². The van der Waals surface area contributed by atoms with Gasteiger partial charge in [-0.25, -0.2) is 0 Å². The third-order valence-corrected chi connectivity index (χ3v) is 3.85. The second-order valence-electron chi connectivity index (χ2n) is 4.41. The third kappa shape index (κ3) is 4.05. The van der Waals surface area contributed by atoms with Gasteiger partial charge in [-0.3, -0.25) is 14.7 Å². The lowest BCUT2D eigenvalue weighted by molar-refractivity contribution is -0.118. The molecule has 112 valence electrons. The molecule has 0 aromatic carbocycles. The fourth-order valence-corrected chi connectivity index (χ4v) is 2.69. The Morgan fingerprint density at radius 3 is 2.76 bits per heavy atom. The number of aromatic nitrogens is 3. The van der Waals surface area contributed by atoms with Gasteiger partial charge in [0.1, 0.15) is 5.01 Å². The van der Waals surface area contributed by atoms with Crippen molar-refractivity contribution in [2.45, 2.75) is 19.8 Å². The number of hydrogen-bond acceptors (Lipinski definition) is 6. The van der Waals surface area contributed by atoms with Crippen LogP contribution in [0.25, 0.3) is 10.6 Å². The molecule has 2 heterocycles. The Kier molecular flexibility index (Phi) is 5.77. The zero-order valence-corrected chi connectivity index (χ0v) is 13.0. The van der Waals surface area contributed by atoms with Crippen molar-refractivity contribution in [3.05, 3.63) is 24.5 Å². The predicted molar refractivity (Wildman–Crippen MR) is 82.3 cm³/mol. The summed E-state index contributed by atoms with van der Waals surface area (Å²) in [6.07, 6.45) is 4.72. The fraction of sp³-hybridized carbons (Fsp3) is 0.429. The molecule has 1 amide bonds. The summed E-state index contributed by atoms with van der Waals surface area (Å²) in [4.78, 5) is 17.8. The average molecular weight is 306 g/mol. The molecule has 0 N–H and O–H groups in total. The molecule has 0 unspecified atom stereocenters. The summed E-state index contributed by atoms with van der Waals surface area (Å²) in [6.45, 7) is 2.94. The first kappa shape index (κ1) is 15.5. The van der Waals surface area contributed by atoms with Gasteiger partial charge >= 0.3 is 0 Å². The van der Waals surface area contributed by atoms with Crippen LogP contribution >= 0.6 is 11.3 Å². The molecule has 0 bridgehead atoms. The number of ether oxygens (including phenoxy) is 1. The number of hydrogen-bond donors (Lipinski definition) is 0. The molecular formula is C14H18N4O2S. The van der Waals surface area contributed by atoms with E-state index in [4.69, 9.17) is 4.74 Å². The molecule has 2 aromatic rings. The standard InChI is InChI=1S/C14H18N4O2S/c1-3-4-12(19)18(9-10-20-2)14-17-16-13(21-14)11-5-7-15-8-6-11/h5-8H,3-4,9-10H2,1-2H3. The first-order valence-electron chi connectivity index (χ1n) is 6.79. The lowest BCUT2D eigenvalue weighted by Gasteiger charge is -2.18. The fourth-order valence-electron chi connectivity index (χ4n) is 1.79. The van der Waals surface area contributed by atoms with Crippen LogP contribution in [0.3, 0.4) is 0 Å². The normalized spacial score (nSPS) is 10.6. The lowest BCUT2D eigenvalue weighted by atomic mass is 10.3. The van der Waals surface area contributed by atoms with Crippen molar-refractivity contribution in [2.24, 2.45) is 0 Å². The van der Waals surface area contributed by atoms with Crippen LogP contribution < -0.4 is 4.90 Å². The molecule has 6 nitrogen and oxygen atoms in total. The number of nitrogens with zero attached hydrogens (tertiary/aromatic N) is 4. The molecule has 7 heteroatoms. The van der Waals surface area contributed by atoms with E-state index in [0.29, 0.717) is 24.7 Å². The van der Waals surface area contributed by atoms with Crippen molar-refractivity contribution in [1.29, 1.82) is 0 Å². The Morgan fingerprint density at radius 2 is 2.10 bits per heavy atom. The van der Waals surface area contributed by atoms with Crippen molar-refractivity contribution < 1.29 is 9.53 Å². The van der Waals surface area contributed by atoms with Crippen molar-refractivity contribution in [3.63, 3.8) is 0 Å². The van der Waals surface area contributed by atoms with E-state index in [-0.39, 0.29) is 5.91 Å². The number of rotatable bonds is 7. The summed E-state index contributed by atoms with van der Waals surface area (Å²) in [5.41, 5.74) is 0.948. The van der Waals surface area contributed by atoms with Crippen molar-refractivity contribution >= 4 is 22.4 Å². The van der Waals surface area contributed by atoms with Gasteiger partial charge in [-0.2, -0.15) is 0 Å². The molecule has 0 aliphatic rings. The maximum Gasteiger partial charge on any atom is 0.228 e. The van der Waals surface area contributed by atoms with Gasteiger partial charge in [0.15, 0.2) is 0 Å². The zero-order chi connectivity index (χ0) is 15.1. The summed E-state index contributed by atoms with van der Waals surface area (Å²) in [5.74, 6) is 0.0481. The molecule has 0 spiro atoms. The minimum Gasteiger partial charge on any atom is -0.383 e. The number of anilines is 1. The van der Waals surface area contributed by atoms with E-state index in [1.807, 2.05) is 19.1 Å². The van der Waals surface area contributed by atoms with Gasteiger partial charge in [0.2, 0.25) is 11.0 Å². The van der Waals surface area contributed by atoms with E-state index in [2.05, 4.69) is 15.2 Å². The molecule has 0 fully saturated rings. The molecule has 21 heavy (non-hydrogen) atoms. The van der Waals surface area contributed by atoms with Gasteiger partial charge in [0.25, 0.3) is 0 Å². The van der Waals surface area contributed by atoms with E-state index in [1.54, 1.807) is 24.4 Å². The molecular weight excluding hydrogens is 288 g/mol. The van der Waals surface area contributed by atoms with Crippen LogP contribution in [0, 0.1) is 0 Å². The van der Waals surface area contributed by atoms with Gasteiger partial charge in [-0.1, -0.05) is 18.3 Å². The molecule has 0 aliphatic heterocycles. The molecule has 0 saturated carbocycles. The van der Waals surface area contributed by atoms with Gasteiger partial charge in [0, 0.05) is 31.5 Å². The SMILES string of the molecule is CCCC(=O)N(CCOC)c1nnc(-c2ccncc2)s1. The highest BCUT2D eigenvalue weighted by atomic mass is 32.1. The second kappa shape index (κ2) is 7.80. The van der Waals surface area contributed by atoms with Gasteiger partial charge in [-0.05, 0) is 18.6 Å². The summed E-state index contributed by atoms with van der Waals surface area (Å²) < 4.78 is 5.07. The summed E-state index contributed by atoms with van der Waals surface area (Å²) in [6, 6.07) is 3.75. The minimum absolute atomic E-state index is 0.0481. The maximum absolute atomic E-state index is 12.2.